The predicted octanol–water partition coefficient (Wildman–Crippen LogP) is 3.33. The van der Waals surface area contributed by atoms with Gasteiger partial charge < -0.3 is 15.2 Å². The van der Waals surface area contributed by atoms with Crippen LogP contribution in [-0.4, -0.2) is 47.6 Å². The number of nitrogens with zero attached hydrogens (tertiary/aromatic N) is 2. The summed E-state index contributed by atoms with van der Waals surface area (Å²) in [6.07, 6.45) is 7.00. The number of aromatic nitrogens is 2. The molecular formula is C21H26N4. The van der Waals surface area contributed by atoms with E-state index in [2.05, 4.69) is 44.5 Å². The highest BCUT2D eigenvalue weighted by atomic mass is 15.2. The van der Waals surface area contributed by atoms with Crippen LogP contribution < -0.4 is 5.32 Å². The first-order chi connectivity index (χ1) is 12.3. The van der Waals surface area contributed by atoms with Crippen LogP contribution >= 0.6 is 0 Å². The normalized spacial score (nSPS) is 20.3. The minimum Gasteiger partial charge on any atom is -0.339 e. The fourth-order valence-electron chi connectivity index (χ4n) is 4.77. The van der Waals surface area contributed by atoms with Crippen molar-refractivity contribution in [3.63, 3.8) is 0 Å². The van der Waals surface area contributed by atoms with Crippen LogP contribution in [0.15, 0.2) is 36.5 Å². The summed E-state index contributed by atoms with van der Waals surface area (Å²) < 4.78 is 0. The van der Waals surface area contributed by atoms with E-state index < -0.39 is 0 Å². The van der Waals surface area contributed by atoms with Gasteiger partial charge in [0.25, 0.3) is 0 Å². The summed E-state index contributed by atoms with van der Waals surface area (Å²) in [6.45, 7) is 6.31. The summed E-state index contributed by atoms with van der Waals surface area (Å²) in [5.41, 5.74) is 4.27. The predicted molar refractivity (Wildman–Crippen MR) is 103 cm³/mol. The molecule has 2 aromatic heterocycles. The van der Waals surface area contributed by atoms with Crippen molar-refractivity contribution in [2.24, 2.45) is 5.41 Å². The largest absolute Gasteiger partial charge is 0.339 e. The number of hydrogen-bond acceptors (Lipinski definition) is 3. The van der Waals surface area contributed by atoms with Gasteiger partial charge in [0.15, 0.2) is 0 Å². The van der Waals surface area contributed by atoms with Gasteiger partial charge in [-0.15, -0.1) is 0 Å². The van der Waals surface area contributed by atoms with Crippen LogP contribution in [0.2, 0.25) is 0 Å². The Morgan fingerprint density at radius 3 is 2.84 bits per heavy atom. The third kappa shape index (κ3) is 2.83. The van der Waals surface area contributed by atoms with Crippen LogP contribution in [0.4, 0.5) is 0 Å². The molecule has 2 N–H and O–H groups in total. The van der Waals surface area contributed by atoms with E-state index in [9.17, 15) is 0 Å². The third-order valence-corrected chi connectivity index (χ3v) is 6.16. The minimum absolute atomic E-state index is 0.654. The summed E-state index contributed by atoms with van der Waals surface area (Å²) in [7, 11) is 0. The molecule has 2 aliphatic heterocycles. The fourth-order valence-corrected chi connectivity index (χ4v) is 4.77. The molecule has 5 rings (SSSR count). The van der Waals surface area contributed by atoms with Crippen molar-refractivity contribution >= 4 is 21.9 Å². The zero-order chi connectivity index (χ0) is 16.7. The smallest absolute Gasteiger partial charge is 0.138 e. The van der Waals surface area contributed by atoms with E-state index in [1.165, 1.54) is 73.8 Å². The van der Waals surface area contributed by atoms with Crippen LogP contribution in [0.5, 0.6) is 0 Å². The van der Waals surface area contributed by atoms with Crippen LogP contribution in [0.3, 0.4) is 0 Å². The van der Waals surface area contributed by atoms with Gasteiger partial charge in [-0.2, -0.15) is 0 Å². The molecule has 0 unspecified atom stereocenters. The maximum absolute atomic E-state index is 4.43. The van der Waals surface area contributed by atoms with Gasteiger partial charge in [-0.05, 0) is 80.6 Å². The highest BCUT2D eigenvalue weighted by Crippen LogP contribution is 2.38. The van der Waals surface area contributed by atoms with Crippen molar-refractivity contribution in [3.05, 3.63) is 42.1 Å². The highest BCUT2D eigenvalue weighted by Gasteiger charge is 2.42. The molecule has 4 nitrogen and oxygen atoms in total. The Morgan fingerprint density at radius 1 is 1.08 bits per heavy atom. The summed E-state index contributed by atoms with van der Waals surface area (Å²) in [5, 5.41) is 6.02. The lowest BCUT2D eigenvalue weighted by Gasteiger charge is -2.52. The van der Waals surface area contributed by atoms with Crippen LogP contribution in [-0.2, 0) is 6.42 Å². The van der Waals surface area contributed by atoms with Crippen molar-refractivity contribution in [2.75, 3.05) is 32.7 Å². The Labute approximate surface area is 148 Å². The van der Waals surface area contributed by atoms with Crippen LogP contribution in [0.1, 0.15) is 24.8 Å². The van der Waals surface area contributed by atoms with Gasteiger partial charge in [-0.1, -0.05) is 6.07 Å². The number of aryl methyl sites for hydroxylation is 1. The molecule has 4 heteroatoms. The SMILES string of the molecule is c1cnc2[nH]c3ccc(CCCN4CC5(CCNCC5)C4)cc3c2c1. The second kappa shape index (κ2) is 6.11. The number of likely N-dealkylation sites (tertiary alicyclic amines) is 1. The topological polar surface area (TPSA) is 44.0 Å². The zero-order valence-corrected chi connectivity index (χ0v) is 14.7. The number of aromatic amines is 1. The quantitative estimate of drug-likeness (QED) is 0.769. The molecule has 130 valence electrons. The van der Waals surface area contributed by atoms with Crippen molar-refractivity contribution in [2.45, 2.75) is 25.7 Å². The average molecular weight is 334 g/mol. The van der Waals surface area contributed by atoms with Gasteiger partial charge in [0, 0.05) is 35.6 Å². The molecule has 0 aliphatic carbocycles. The van der Waals surface area contributed by atoms with Crippen molar-refractivity contribution in [3.8, 4) is 0 Å². The van der Waals surface area contributed by atoms with Crippen molar-refractivity contribution < 1.29 is 0 Å². The number of piperidine rings is 1. The average Bonchev–Trinajstić information content (AvgIpc) is 2.99. The Kier molecular flexibility index (Phi) is 3.75. The van der Waals surface area contributed by atoms with Gasteiger partial charge in [0.2, 0.25) is 0 Å². The maximum atomic E-state index is 4.43. The number of pyridine rings is 1. The number of hydrogen-bond donors (Lipinski definition) is 2. The first-order valence-corrected chi connectivity index (χ1v) is 9.60. The molecule has 4 heterocycles. The lowest BCUT2D eigenvalue weighted by molar-refractivity contribution is -0.0229. The Balaban J connectivity index is 1.21. The number of H-pyrrole nitrogens is 1. The van der Waals surface area contributed by atoms with E-state index in [4.69, 9.17) is 0 Å². The molecule has 0 bridgehead atoms. The second-order valence-electron chi connectivity index (χ2n) is 7.97. The molecular weight excluding hydrogens is 308 g/mol. The van der Waals surface area contributed by atoms with Gasteiger partial charge in [-0.3, -0.25) is 0 Å². The molecule has 0 atom stereocenters. The van der Waals surface area contributed by atoms with Crippen LogP contribution in [0.25, 0.3) is 21.9 Å². The van der Waals surface area contributed by atoms with E-state index in [-0.39, 0.29) is 0 Å². The van der Waals surface area contributed by atoms with E-state index in [0.29, 0.717) is 5.41 Å². The molecule has 0 saturated carbocycles. The number of rotatable bonds is 4. The van der Waals surface area contributed by atoms with Crippen molar-refractivity contribution in [1.29, 1.82) is 0 Å². The monoisotopic (exact) mass is 334 g/mol. The molecule has 0 radical (unpaired) electrons. The van der Waals surface area contributed by atoms with E-state index in [1.54, 1.807) is 0 Å². The zero-order valence-electron chi connectivity index (χ0n) is 14.7. The lowest BCUT2D eigenvalue weighted by Crippen LogP contribution is -2.59. The van der Waals surface area contributed by atoms with E-state index >= 15 is 0 Å². The summed E-state index contributed by atoms with van der Waals surface area (Å²) in [6, 6.07) is 11.0. The van der Waals surface area contributed by atoms with E-state index in [1.807, 2.05) is 12.3 Å². The molecule has 2 saturated heterocycles. The summed E-state index contributed by atoms with van der Waals surface area (Å²) >= 11 is 0. The number of nitrogens with one attached hydrogen (secondary N) is 2. The second-order valence-corrected chi connectivity index (χ2v) is 7.97. The van der Waals surface area contributed by atoms with Gasteiger partial charge >= 0.3 is 0 Å². The fraction of sp³-hybridized carbons (Fsp3) is 0.476. The molecule has 2 aliphatic rings. The van der Waals surface area contributed by atoms with Gasteiger partial charge in [0.05, 0.1) is 0 Å². The summed E-state index contributed by atoms with van der Waals surface area (Å²) in [5.74, 6) is 0. The van der Waals surface area contributed by atoms with Crippen LogP contribution in [0, 0.1) is 5.41 Å². The summed E-state index contributed by atoms with van der Waals surface area (Å²) in [4.78, 5) is 10.5. The molecule has 1 spiro atoms. The Morgan fingerprint density at radius 2 is 1.96 bits per heavy atom. The van der Waals surface area contributed by atoms with Crippen molar-refractivity contribution in [1.82, 2.24) is 20.2 Å². The van der Waals surface area contributed by atoms with Gasteiger partial charge in [-0.25, -0.2) is 4.98 Å². The Hall–Kier alpha value is -1.91. The molecule has 3 aromatic rings. The highest BCUT2D eigenvalue weighted by molar-refractivity contribution is 6.05. The number of fused-ring (bicyclic) bond motifs is 3. The first-order valence-electron chi connectivity index (χ1n) is 9.60. The minimum atomic E-state index is 0.654. The molecule has 1 aromatic carbocycles. The third-order valence-electron chi connectivity index (χ3n) is 6.16. The first kappa shape index (κ1) is 15.4. The maximum Gasteiger partial charge on any atom is 0.138 e. The standard InChI is InChI=1S/C21H26N4/c1-4-17-18-13-16(5-6-19(18)24-20(17)23-9-1)3-2-12-25-14-21(15-25)7-10-22-11-8-21/h1,4-6,9,13,22H,2-3,7-8,10-12,14-15H2,(H,23,24). The van der Waals surface area contributed by atoms with Gasteiger partial charge in [0.1, 0.15) is 5.65 Å². The molecule has 2 fully saturated rings. The number of benzene rings is 1. The molecule has 0 amide bonds. The lowest BCUT2D eigenvalue weighted by atomic mass is 9.72. The molecule has 25 heavy (non-hydrogen) atoms. The van der Waals surface area contributed by atoms with E-state index in [0.717, 1.165) is 12.1 Å². The Bertz CT molecular complexity index is 883.